The van der Waals surface area contributed by atoms with Crippen LogP contribution in [0.1, 0.15) is 46.1 Å². The molecule has 0 aliphatic carbocycles. The van der Waals surface area contributed by atoms with Gasteiger partial charge in [0.15, 0.2) is 5.43 Å². The van der Waals surface area contributed by atoms with E-state index in [0.717, 1.165) is 24.0 Å². The molecule has 186 valence electrons. The third kappa shape index (κ3) is 6.10. The largest absolute Gasteiger partial charge is 0.464 e. The molecule has 0 unspecified atom stereocenters. The highest BCUT2D eigenvalue weighted by molar-refractivity contribution is 7.12. The van der Waals surface area contributed by atoms with E-state index in [9.17, 15) is 14.4 Å². The van der Waals surface area contributed by atoms with Crippen molar-refractivity contribution in [3.05, 3.63) is 104 Å². The summed E-state index contributed by atoms with van der Waals surface area (Å²) in [6, 6.07) is 18.7. The lowest BCUT2D eigenvalue weighted by Gasteiger charge is -2.27. The van der Waals surface area contributed by atoms with Crippen molar-refractivity contribution < 1.29 is 14.0 Å². The monoisotopic (exact) mass is 502 g/mol. The van der Waals surface area contributed by atoms with Gasteiger partial charge in [0, 0.05) is 13.1 Å². The van der Waals surface area contributed by atoms with Crippen LogP contribution in [-0.4, -0.2) is 34.7 Å². The van der Waals surface area contributed by atoms with Crippen molar-refractivity contribution in [2.45, 2.75) is 39.8 Å². The molecule has 4 rings (SSSR count). The Bertz CT molecular complexity index is 1380. The average Bonchev–Trinajstić information content (AvgIpc) is 3.43. The van der Waals surface area contributed by atoms with Gasteiger partial charge in [-0.15, -0.1) is 11.3 Å². The number of hydrogen-bond donors (Lipinski definition) is 0. The molecular weight excluding hydrogens is 472 g/mol. The fourth-order valence-corrected chi connectivity index (χ4v) is 4.75. The fraction of sp³-hybridized carbons (Fsp3) is 0.276. The van der Waals surface area contributed by atoms with Crippen molar-refractivity contribution in [2.75, 3.05) is 13.1 Å². The summed E-state index contributed by atoms with van der Waals surface area (Å²) in [7, 11) is 0. The van der Waals surface area contributed by atoms with Gasteiger partial charge in [-0.05, 0) is 42.5 Å². The Labute approximate surface area is 214 Å². The first kappa shape index (κ1) is 25.4. The van der Waals surface area contributed by atoms with Crippen molar-refractivity contribution in [3.8, 4) is 0 Å². The van der Waals surface area contributed by atoms with Gasteiger partial charge < -0.3 is 14.2 Å². The number of unbranched alkanes of at least 4 members (excludes halogenated alkanes) is 1. The third-order valence-corrected chi connectivity index (χ3v) is 6.91. The van der Waals surface area contributed by atoms with Crippen LogP contribution in [0.2, 0.25) is 0 Å². The van der Waals surface area contributed by atoms with Crippen LogP contribution >= 0.6 is 11.3 Å². The summed E-state index contributed by atoms with van der Waals surface area (Å²) in [6.45, 7) is 4.83. The van der Waals surface area contributed by atoms with E-state index in [-0.39, 0.29) is 30.3 Å². The van der Waals surface area contributed by atoms with E-state index in [1.807, 2.05) is 54.8 Å². The van der Waals surface area contributed by atoms with Crippen molar-refractivity contribution >= 4 is 34.1 Å². The zero-order valence-corrected chi connectivity index (χ0v) is 21.4. The highest BCUT2D eigenvalue weighted by atomic mass is 32.1. The molecule has 0 saturated heterocycles. The highest BCUT2D eigenvalue weighted by Crippen LogP contribution is 2.17. The van der Waals surface area contributed by atoms with Crippen LogP contribution in [0.3, 0.4) is 0 Å². The van der Waals surface area contributed by atoms with Crippen molar-refractivity contribution in [2.24, 2.45) is 0 Å². The van der Waals surface area contributed by atoms with Gasteiger partial charge in [-0.2, -0.15) is 0 Å². The number of rotatable bonds is 10. The number of hydrogen-bond acceptors (Lipinski definition) is 5. The molecule has 2 heterocycles. The maximum Gasteiger partial charge on any atom is 0.264 e. The molecule has 36 heavy (non-hydrogen) atoms. The van der Waals surface area contributed by atoms with E-state index >= 15 is 0 Å². The lowest BCUT2D eigenvalue weighted by molar-refractivity contribution is -0.133. The lowest BCUT2D eigenvalue weighted by atomic mass is 10.1. The molecule has 4 aromatic rings. The average molecular weight is 503 g/mol. The Morgan fingerprint density at radius 3 is 2.50 bits per heavy atom. The minimum atomic E-state index is -0.219. The summed E-state index contributed by atoms with van der Waals surface area (Å²) < 4.78 is 5.73. The number of benzene rings is 2. The number of carbonyl (C=O) groups excluding carboxylic acids is 2. The van der Waals surface area contributed by atoms with Gasteiger partial charge in [0.05, 0.1) is 28.6 Å². The topological polar surface area (TPSA) is 70.8 Å². The maximum atomic E-state index is 13.6. The van der Waals surface area contributed by atoms with Gasteiger partial charge in [0.2, 0.25) is 5.91 Å². The van der Waals surface area contributed by atoms with Crippen LogP contribution in [-0.2, 0) is 17.9 Å². The molecule has 0 fully saturated rings. The fourth-order valence-electron chi connectivity index (χ4n) is 4.06. The van der Waals surface area contributed by atoms with Gasteiger partial charge in [-0.25, -0.2) is 0 Å². The van der Waals surface area contributed by atoms with E-state index in [1.165, 1.54) is 17.6 Å². The van der Waals surface area contributed by atoms with Crippen molar-refractivity contribution in [1.29, 1.82) is 0 Å². The predicted octanol–water partition coefficient (Wildman–Crippen LogP) is 5.63. The highest BCUT2D eigenvalue weighted by Gasteiger charge is 2.24. The first-order valence-electron chi connectivity index (χ1n) is 12.1. The van der Waals surface area contributed by atoms with Crippen LogP contribution < -0.4 is 5.43 Å². The number of nitrogens with zero attached hydrogens (tertiary/aromatic N) is 2. The van der Waals surface area contributed by atoms with E-state index in [0.29, 0.717) is 34.5 Å². The number of aryl methyl sites for hydroxylation is 1. The zero-order valence-electron chi connectivity index (χ0n) is 20.6. The normalized spacial score (nSPS) is 10.9. The van der Waals surface area contributed by atoms with Crippen molar-refractivity contribution in [1.82, 2.24) is 9.80 Å². The van der Waals surface area contributed by atoms with E-state index < -0.39 is 0 Å². The quantitative estimate of drug-likeness (QED) is 0.282. The second-order valence-corrected chi connectivity index (χ2v) is 9.83. The second-order valence-electron chi connectivity index (χ2n) is 8.88. The minimum absolute atomic E-state index is 0.0540. The Hall–Kier alpha value is -3.71. The summed E-state index contributed by atoms with van der Waals surface area (Å²) >= 11 is 1.37. The van der Waals surface area contributed by atoms with Gasteiger partial charge in [0.25, 0.3) is 5.91 Å². The lowest BCUT2D eigenvalue weighted by Crippen LogP contribution is -2.43. The van der Waals surface area contributed by atoms with Crippen LogP contribution in [0, 0.1) is 6.92 Å². The van der Waals surface area contributed by atoms with E-state index in [1.54, 1.807) is 28.0 Å². The molecule has 2 aromatic carbocycles. The standard InChI is InChI=1S/C29H30N2O4S/c1-3-4-14-30(29(34)26-11-8-15-36-26)19-27(32)31(17-22-9-6-5-7-10-22)18-23-20-35-25-13-12-21(2)16-24(25)28(23)33/h5-13,15-16,20H,3-4,14,17-19H2,1-2H3. The predicted molar refractivity (Wildman–Crippen MR) is 143 cm³/mol. The molecule has 7 heteroatoms. The molecule has 0 aliphatic rings. The zero-order chi connectivity index (χ0) is 25.5. The molecule has 0 saturated carbocycles. The molecule has 0 bridgehead atoms. The molecule has 0 atom stereocenters. The summed E-state index contributed by atoms with van der Waals surface area (Å²) in [4.78, 5) is 43.9. The molecule has 2 aromatic heterocycles. The Morgan fingerprint density at radius 1 is 0.972 bits per heavy atom. The molecule has 0 spiro atoms. The number of amides is 2. The smallest absolute Gasteiger partial charge is 0.264 e. The van der Waals surface area contributed by atoms with Crippen LogP contribution in [0.5, 0.6) is 0 Å². The molecule has 0 N–H and O–H groups in total. The number of fused-ring (bicyclic) bond motifs is 1. The Balaban J connectivity index is 1.62. The van der Waals surface area contributed by atoms with Gasteiger partial charge in [0.1, 0.15) is 12.1 Å². The van der Waals surface area contributed by atoms with Crippen LogP contribution in [0.25, 0.3) is 11.0 Å². The van der Waals surface area contributed by atoms with Crippen LogP contribution in [0.15, 0.2) is 81.5 Å². The number of thiophene rings is 1. The summed E-state index contributed by atoms with van der Waals surface area (Å²) in [5.74, 6) is -0.365. The first-order chi connectivity index (χ1) is 17.5. The molecule has 2 amide bonds. The summed E-state index contributed by atoms with van der Waals surface area (Å²) in [5.41, 5.74) is 2.67. The molecule has 0 radical (unpaired) electrons. The third-order valence-electron chi connectivity index (χ3n) is 6.06. The Kier molecular flexibility index (Phi) is 8.33. The maximum absolute atomic E-state index is 13.6. The SMILES string of the molecule is CCCCN(CC(=O)N(Cc1ccccc1)Cc1coc2ccc(C)cc2c1=O)C(=O)c1cccs1. The number of carbonyl (C=O) groups is 2. The molecule has 6 nitrogen and oxygen atoms in total. The summed E-state index contributed by atoms with van der Waals surface area (Å²) in [6.07, 6.45) is 3.15. The molecular formula is C29H30N2O4S. The molecule has 0 aliphatic heterocycles. The minimum Gasteiger partial charge on any atom is -0.464 e. The van der Waals surface area contributed by atoms with Gasteiger partial charge >= 0.3 is 0 Å². The first-order valence-corrected chi connectivity index (χ1v) is 13.0. The van der Waals surface area contributed by atoms with E-state index in [2.05, 4.69) is 6.92 Å². The second kappa shape index (κ2) is 11.8. The summed E-state index contributed by atoms with van der Waals surface area (Å²) in [5, 5.41) is 2.35. The van der Waals surface area contributed by atoms with E-state index in [4.69, 9.17) is 4.42 Å². The van der Waals surface area contributed by atoms with Gasteiger partial charge in [-0.3, -0.25) is 14.4 Å². The van der Waals surface area contributed by atoms with Crippen molar-refractivity contribution in [3.63, 3.8) is 0 Å². The van der Waals surface area contributed by atoms with Gasteiger partial charge in [-0.1, -0.05) is 61.4 Å². The Morgan fingerprint density at radius 2 is 1.78 bits per heavy atom. The van der Waals surface area contributed by atoms with Crippen LogP contribution in [0.4, 0.5) is 0 Å².